The number of piperazine rings is 1. The highest BCUT2D eigenvalue weighted by atomic mass is 32.2. The highest BCUT2D eigenvalue weighted by Crippen LogP contribution is 2.18. The lowest BCUT2D eigenvalue weighted by molar-refractivity contribution is 0.253. The fourth-order valence-corrected chi connectivity index (χ4v) is 2.94. The van der Waals surface area contributed by atoms with Gasteiger partial charge in [-0.25, -0.2) is 13.1 Å². The molecule has 0 aromatic heterocycles. The minimum absolute atomic E-state index is 0.0299. The number of sulfonamides is 1. The van der Waals surface area contributed by atoms with Crippen molar-refractivity contribution >= 4 is 10.0 Å². The molecule has 0 radical (unpaired) electrons. The van der Waals surface area contributed by atoms with Crippen LogP contribution in [0.5, 0.6) is 0 Å². The first-order valence-corrected chi connectivity index (χ1v) is 8.40. The van der Waals surface area contributed by atoms with E-state index in [2.05, 4.69) is 35.7 Å². The third-order valence-electron chi connectivity index (χ3n) is 3.61. The van der Waals surface area contributed by atoms with Crippen molar-refractivity contribution in [3.05, 3.63) is 0 Å². The lowest BCUT2D eigenvalue weighted by atomic mass is 9.91. The van der Waals surface area contributed by atoms with Crippen LogP contribution in [0.1, 0.15) is 27.2 Å². The average molecular weight is 277 g/mol. The summed E-state index contributed by atoms with van der Waals surface area (Å²) in [6.07, 6.45) is 0.966. The van der Waals surface area contributed by atoms with Gasteiger partial charge in [0.1, 0.15) is 0 Å². The molecule has 108 valence electrons. The van der Waals surface area contributed by atoms with Gasteiger partial charge < -0.3 is 5.32 Å². The van der Waals surface area contributed by atoms with Gasteiger partial charge in [0.2, 0.25) is 10.0 Å². The number of hydrogen-bond donors (Lipinski definition) is 2. The summed E-state index contributed by atoms with van der Waals surface area (Å²) < 4.78 is 26.5. The summed E-state index contributed by atoms with van der Waals surface area (Å²) in [4.78, 5) is 2.20. The molecule has 0 aromatic carbocycles. The Labute approximate surface area is 111 Å². The van der Waals surface area contributed by atoms with Gasteiger partial charge in [-0.1, -0.05) is 20.8 Å². The number of nitrogens with one attached hydrogen (secondary N) is 2. The van der Waals surface area contributed by atoms with Crippen molar-refractivity contribution in [1.29, 1.82) is 0 Å². The van der Waals surface area contributed by atoms with E-state index < -0.39 is 10.0 Å². The molecule has 1 aliphatic heterocycles. The predicted octanol–water partition coefficient (Wildman–Crippen LogP) is 0.247. The Morgan fingerprint density at radius 3 is 2.44 bits per heavy atom. The van der Waals surface area contributed by atoms with Crippen LogP contribution in [-0.2, 0) is 10.0 Å². The Morgan fingerprint density at radius 2 is 1.89 bits per heavy atom. The monoisotopic (exact) mass is 277 g/mol. The first-order chi connectivity index (χ1) is 8.35. The standard InChI is InChI=1S/C12H27N3O2S/c1-4-12(2,3)11-14-18(16,17)10-9-15-7-5-13-6-8-15/h13-14H,4-11H2,1-3H3. The molecule has 1 saturated heterocycles. The molecule has 0 aliphatic carbocycles. The highest BCUT2D eigenvalue weighted by molar-refractivity contribution is 7.89. The number of nitrogens with zero attached hydrogens (tertiary/aromatic N) is 1. The van der Waals surface area contributed by atoms with E-state index in [1.54, 1.807) is 0 Å². The molecule has 0 amide bonds. The summed E-state index contributed by atoms with van der Waals surface area (Å²) in [5.41, 5.74) is 0.0299. The Bertz CT molecular complexity index is 335. The zero-order valence-electron chi connectivity index (χ0n) is 11.8. The van der Waals surface area contributed by atoms with E-state index >= 15 is 0 Å². The molecule has 1 rings (SSSR count). The van der Waals surface area contributed by atoms with Crippen molar-refractivity contribution in [3.63, 3.8) is 0 Å². The van der Waals surface area contributed by atoms with Crippen LogP contribution in [0.4, 0.5) is 0 Å². The number of hydrogen-bond acceptors (Lipinski definition) is 4. The van der Waals surface area contributed by atoms with Crippen molar-refractivity contribution < 1.29 is 8.42 Å². The molecule has 1 fully saturated rings. The van der Waals surface area contributed by atoms with Gasteiger partial charge in [-0.05, 0) is 11.8 Å². The molecule has 0 bridgehead atoms. The molecular formula is C12H27N3O2S. The Morgan fingerprint density at radius 1 is 1.28 bits per heavy atom. The fourth-order valence-electron chi connectivity index (χ4n) is 1.69. The van der Waals surface area contributed by atoms with Gasteiger partial charge in [0.15, 0.2) is 0 Å². The van der Waals surface area contributed by atoms with Gasteiger partial charge in [-0.15, -0.1) is 0 Å². The second-order valence-corrected chi connectivity index (χ2v) is 7.68. The first kappa shape index (κ1) is 15.9. The predicted molar refractivity (Wildman–Crippen MR) is 75.2 cm³/mol. The van der Waals surface area contributed by atoms with Gasteiger partial charge >= 0.3 is 0 Å². The topological polar surface area (TPSA) is 61.4 Å². The van der Waals surface area contributed by atoms with Crippen molar-refractivity contribution in [2.24, 2.45) is 5.41 Å². The van der Waals surface area contributed by atoms with Gasteiger partial charge in [0.05, 0.1) is 5.75 Å². The van der Waals surface area contributed by atoms with E-state index in [0.29, 0.717) is 13.1 Å². The fraction of sp³-hybridized carbons (Fsp3) is 1.00. The van der Waals surface area contributed by atoms with E-state index in [0.717, 1.165) is 32.6 Å². The molecular weight excluding hydrogens is 250 g/mol. The molecule has 6 heteroatoms. The SMILES string of the molecule is CCC(C)(C)CNS(=O)(=O)CCN1CCNCC1. The van der Waals surface area contributed by atoms with Crippen molar-refractivity contribution in [3.8, 4) is 0 Å². The molecule has 18 heavy (non-hydrogen) atoms. The molecule has 1 aliphatic rings. The zero-order chi connectivity index (χ0) is 13.6. The molecule has 0 spiro atoms. The minimum Gasteiger partial charge on any atom is -0.314 e. The maximum atomic E-state index is 11.9. The van der Waals surface area contributed by atoms with E-state index in [1.807, 2.05) is 0 Å². The lowest BCUT2D eigenvalue weighted by Gasteiger charge is -2.27. The first-order valence-electron chi connectivity index (χ1n) is 6.75. The molecule has 0 unspecified atom stereocenters. The van der Waals surface area contributed by atoms with Gasteiger partial charge in [0.25, 0.3) is 0 Å². The van der Waals surface area contributed by atoms with Crippen molar-refractivity contribution in [1.82, 2.24) is 14.9 Å². The largest absolute Gasteiger partial charge is 0.314 e. The van der Waals surface area contributed by atoms with Crippen LogP contribution in [-0.4, -0.2) is 58.3 Å². The quantitative estimate of drug-likeness (QED) is 0.700. The summed E-state index contributed by atoms with van der Waals surface area (Å²) in [6.45, 7) is 11.2. The van der Waals surface area contributed by atoms with Crippen LogP contribution in [0.25, 0.3) is 0 Å². The van der Waals surface area contributed by atoms with E-state index in [1.165, 1.54) is 0 Å². The maximum Gasteiger partial charge on any atom is 0.212 e. The summed E-state index contributed by atoms with van der Waals surface area (Å²) in [7, 11) is -3.14. The Kier molecular flexibility index (Phi) is 6.04. The molecule has 5 nitrogen and oxygen atoms in total. The van der Waals surface area contributed by atoms with E-state index in [-0.39, 0.29) is 11.2 Å². The molecule has 1 heterocycles. The third kappa shape index (κ3) is 6.13. The van der Waals surface area contributed by atoms with Gasteiger partial charge in [-0.3, -0.25) is 4.90 Å². The van der Waals surface area contributed by atoms with Crippen molar-refractivity contribution in [2.75, 3.05) is 45.0 Å². The lowest BCUT2D eigenvalue weighted by Crippen LogP contribution is -2.46. The maximum absolute atomic E-state index is 11.9. The normalized spacial score (nSPS) is 19.1. The minimum atomic E-state index is -3.14. The summed E-state index contributed by atoms with van der Waals surface area (Å²) in [5.74, 6) is 0.201. The van der Waals surface area contributed by atoms with Gasteiger partial charge in [-0.2, -0.15) is 0 Å². The molecule has 0 saturated carbocycles. The zero-order valence-corrected chi connectivity index (χ0v) is 12.6. The smallest absolute Gasteiger partial charge is 0.212 e. The number of rotatable bonds is 7. The van der Waals surface area contributed by atoms with E-state index in [9.17, 15) is 8.42 Å². The molecule has 0 atom stereocenters. The summed E-state index contributed by atoms with van der Waals surface area (Å²) in [5, 5.41) is 3.26. The van der Waals surface area contributed by atoms with Crippen LogP contribution in [0, 0.1) is 5.41 Å². The van der Waals surface area contributed by atoms with Crippen LogP contribution in [0.3, 0.4) is 0 Å². The van der Waals surface area contributed by atoms with Crippen LogP contribution >= 0.6 is 0 Å². The molecule has 2 N–H and O–H groups in total. The van der Waals surface area contributed by atoms with Crippen LogP contribution in [0.15, 0.2) is 0 Å². The van der Waals surface area contributed by atoms with Crippen LogP contribution in [0.2, 0.25) is 0 Å². The molecule has 0 aromatic rings. The van der Waals surface area contributed by atoms with Crippen molar-refractivity contribution in [2.45, 2.75) is 27.2 Å². The summed E-state index contributed by atoms with van der Waals surface area (Å²) >= 11 is 0. The van der Waals surface area contributed by atoms with Crippen LogP contribution < -0.4 is 10.0 Å². The Hall–Kier alpha value is -0.170. The average Bonchev–Trinajstić information content (AvgIpc) is 2.36. The van der Waals surface area contributed by atoms with Gasteiger partial charge in [0, 0.05) is 39.3 Å². The second kappa shape index (κ2) is 6.84. The third-order valence-corrected chi connectivity index (χ3v) is 4.92. The summed E-state index contributed by atoms with van der Waals surface area (Å²) in [6, 6.07) is 0. The second-order valence-electron chi connectivity index (χ2n) is 5.75. The van der Waals surface area contributed by atoms with E-state index in [4.69, 9.17) is 0 Å². The highest BCUT2D eigenvalue weighted by Gasteiger charge is 2.20. The Balaban J connectivity index is 2.30.